The Morgan fingerprint density at radius 2 is 1.61 bits per heavy atom. The summed E-state index contributed by atoms with van der Waals surface area (Å²) in [6, 6.07) is 12.8. The molecule has 0 atom stereocenters. The first-order valence-electron chi connectivity index (χ1n) is 9.34. The summed E-state index contributed by atoms with van der Waals surface area (Å²) in [4.78, 5) is 21.4. The predicted molar refractivity (Wildman–Crippen MR) is 115 cm³/mol. The molecule has 8 heteroatoms. The van der Waals surface area contributed by atoms with Crippen LogP contribution in [0.25, 0.3) is 17.0 Å². The minimum absolute atomic E-state index is 0.124. The highest BCUT2D eigenvalue weighted by Crippen LogP contribution is 2.39. The number of methoxy groups -OCH3 is 4. The molecule has 1 aromatic heterocycles. The van der Waals surface area contributed by atoms with Crippen LogP contribution in [-0.4, -0.2) is 45.3 Å². The van der Waals surface area contributed by atoms with Crippen molar-refractivity contribution in [2.75, 3.05) is 28.4 Å². The van der Waals surface area contributed by atoms with Crippen molar-refractivity contribution in [3.05, 3.63) is 59.3 Å². The molecule has 0 N–H and O–H groups in total. The number of cyclic esters (lactones) is 1. The molecule has 0 bridgehead atoms. The van der Waals surface area contributed by atoms with Crippen molar-refractivity contribution < 1.29 is 28.5 Å². The van der Waals surface area contributed by atoms with E-state index in [0.717, 1.165) is 10.9 Å². The molecule has 1 aliphatic rings. The Bertz CT molecular complexity index is 1210. The number of nitrogens with zero attached hydrogens (tertiary/aromatic N) is 2. The SMILES string of the molecule is COc1cc(C2=N/C(=C\c3cc4ccccc4nc3OC)C(=O)O2)cc(OC)c1OC. The maximum absolute atomic E-state index is 12.5. The van der Waals surface area contributed by atoms with E-state index in [-0.39, 0.29) is 11.6 Å². The van der Waals surface area contributed by atoms with Crippen LogP contribution in [0.3, 0.4) is 0 Å². The molecule has 2 heterocycles. The molecule has 0 radical (unpaired) electrons. The van der Waals surface area contributed by atoms with E-state index >= 15 is 0 Å². The summed E-state index contributed by atoms with van der Waals surface area (Å²) >= 11 is 0. The Hall–Kier alpha value is -4.07. The lowest BCUT2D eigenvalue weighted by Gasteiger charge is -2.13. The Balaban J connectivity index is 1.77. The molecular formula is C23H20N2O6. The fourth-order valence-electron chi connectivity index (χ4n) is 3.27. The average molecular weight is 420 g/mol. The molecule has 0 amide bonds. The Kier molecular flexibility index (Phi) is 5.44. The highest BCUT2D eigenvalue weighted by atomic mass is 16.6. The summed E-state index contributed by atoms with van der Waals surface area (Å²) in [5.74, 6) is 1.21. The smallest absolute Gasteiger partial charge is 0.363 e. The second-order valence-corrected chi connectivity index (χ2v) is 6.53. The molecule has 3 aromatic rings. The van der Waals surface area contributed by atoms with Gasteiger partial charge in [0.25, 0.3) is 0 Å². The van der Waals surface area contributed by atoms with Gasteiger partial charge in [0, 0.05) is 16.5 Å². The lowest BCUT2D eigenvalue weighted by molar-refractivity contribution is -0.129. The van der Waals surface area contributed by atoms with Crippen LogP contribution in [0.1, 0.15) is 11.1 Å². The van der Waals surface area contributed by atoms with Crippen LogP contribution in [0.2, 0.25) is 0 Å². The lowest BCUT2D eigenvalue weighted by atomic mass is 10.1. The number of para-hydroxylation sites is 1. The number of rotatable bonds is 6. The molecule has 8 nitrogen and oxygen atoms in total. The fourth-order valence-corrected chi connectivity index (χ4v) is 3.27. The van der Waals surface area contributed by atoms with Crippen molar-refractivity contribution in [3.63, 3.8) is 0 Å². The maximum atomic E-state index is 12.5. The normalized spacial score (nSPS) is 14.4. The Morgan fingerprint density at radius 3 is 2.26 bits per heavy atom. The van der Waals surface area contributed by atoms with Crippen LogP contribution in [0.4, 0.5) is 0 Å². The van der Waals surface area contributed by atoms with Crippen molar-refractivity contribution in [2.24, 2.45) is 4.99 Å². The summed E-state index contributed by atoms with van der Waals surface area (Å²) in [5, 5.41) is 0.912. The van der Waals surface area contributed by atoms with Crippen LogP contribution in [0.15, 0.2) is 53.2 Å². The number of esters is 1. The van der Waals surface area contributed by atoms with E-state index in [9.17, 15) is 4.79 Å². The molecular weight excluding hydrogens is 400 g/mol. The van der Waals surface area contributed by atoms with E-state index in [4.69, 9.17) is 23.7 Å². The van der Waals surface area contributed by atoms with Gasteiger partial charge in [-0.2, -0.15) is 0 Å². The third kappa shape index (κ3) is 3.75. The minimum Gasteiger partial charge on any atom is -0.493 e. The van der Waals surface area contributed by atoms with Gasteiger partial charge in [0.1, 0.15) is 0 Å². The third-order valence-corrected chi connectivity index (χ3v) is 4.73. The second-order valence-electron chi connectivity index (χ2n) is 6.53. The highest BCUT2D eigenvalue weighted by Gasteiger charge is 2.27. The number of hydrogen-bond donors (Lipinski definition) is 0. The Morgan fingerprint density at radius 1 is 0.903 bits per heavy atom. The van der Waals surface area contributed by atoms with E-state index in [1.165, 1.54) is 28.4 Å². The van der Waals surface area contributed by atoms with Gasteiger partial charge in [-0.1, -0.05) is 18.2 Å². The van der Waals surface area contributed by atoms with E-state index < -0.39 is 5.97 Å². The van der Waals surface area contributed by atoms with Gasteiger partial charge in [-0.05, 0) is 30.3 Å². The molecule has 31 heavy (non-hydrogen) atoms. The predicted octanol–water partition coefficient (Wildman–Crippen LogP) is 3.61. The zero-order chi connectivity index (χ0) is 22.0. The number of carbonyl (C=O) groups excluding carboxylic acids is 1. The number of aromatic nitrogens is 1. The maximum Gasteiger partial charge on any atom is 0.363 e. The number of carbonyl (C=O) groups is 1. The van der Waals surface area contributed by atoms with Gasteiger partial charge in [-0.15, -0.1) is 0 Å². The first kappa shape index (κ1) is 20.2. The molecule has 0 saturated heterocycles. The molecule has 0 unspecified atom stereocenters. The summed E-state index contributed by atoms with van der Waals surface area (Å²) in [6.45, 7) is 0. The summed E-state index contributed by atoms with van der Waals surface area (Å²) < 4.78 is 26.8. The van der Waals surface area contributed by atoms with Crippen molar-refractivity contribution >= 4 is 28.8 Å². The summed E-state index contributed by atoms with van der Waals surface area (Å²) in [7, 11) is 6.05. The number of hydrogen-bond acceptors (Lipinski definition) is 8. The quantitative estimate of drug-likeness (QED) is 0.445. The largest absolute Gasteiger partial charge is 0.493 e. The molecule has 0 aliphatic carbocycles. The topological polar surface area (TPSA) is 88.5 Å². The molecule has 0 fully saturated rings. The van der Waals surface area contributed by atoms with Crippen molar-refractivity contribution in [1.29, 1.82) is 0 Å². The van der Waals surface area contributed by atoms with Crippen LogP contribution in [0, 0.1) is 0 Å². The van der Waals surface area contributed by atoms with Crippen LogP contribution in [-0.2, 0) is 9.53 Å². The molecule has 158 valence electrons. The monoisotopic (exact) mass is 420 g/mol. The fraction of sp³-hybridized carbons (Fsp3) is 0.174. The zero-order valence-electron chi connectivity index (χ0n) is 17.5. The molecule has 0 saturated carbocycles. The standard InChI is InChI=1S/C23H20N2O6/c1-27-18-11-15(12-19(28-2)20(18)29-3)22-25-17(23(26)31-22)10-14-9-13-7-5-6-8-16(13)24-21(14)30-4/h5-12H,1-4H3/b17-10-. The van der Waals surface area contributed by atoms with Crippen molar-refractivity contribution in [1.82, 2.24) is 4.98 Å². The number of aliphatic imine (C=N–C) groups is 1. The average Bonchev–Trinajstić information content (AvgIpc) is 3.17. The summed E-state index contributed by atoms with van der Waals surface area (Å²) in [6.07, 6.45) is 1.59. The van der Waals surface area contributed by atoms with E-state index in [2.05, 4.69) is 9.98 Å². The van der Waals surface area contributed by atoms with Gasteiger partial charge >= 0.3 is 5.97 Å². The third-order valence-electron chi connectivity index (χ3n) is 4.73. The molecule has 4 rings (SSSR count). The van der Waals surface area contributed by atoms with Crippen LogP contribution < -0.4 is 18.9 Å². The van der Waals surface area contributed by atoms with Crippen LogP contribution in [0.5, 0.6) is 23.1 Å². The number of benzene rings is 2. The van der Waals surface area contributed by atoms with Crippen molar-refractivity contribution in [3.8, 4) is 23.1 Å². The van der Waals surface area contributed by atoms with Gasteiger partial charge in [0.2, 0.25) is 17.5 Å². The van der Waals surface area contributed by atoms with Crippen LogP contribution >= 0.6 is 0 Å². The molecule has 1 aliphatic heterocycles. The summed E-state index contributed by atoms with van der Waals surface area (Å²) in [5.41, 5.74) is 2.04. The van der Waals surface area contributed by atoms with Gasteiger partial charge in [0.05, 0.1) is 34.0 Å². The molecule has 0 spiro atoms. The molecule has 2 aromatic carbocycles. The van der Waals surface area contributed by atoms with Gasteiger partial charge in [-0.3, -0.25) is 0 Å². The van der Waals surface area contributed by atoms with Gasteiger partial charge in [-0.25, -0.2) is 14.8 Å². The first-order chi connectivity index (χ1) is 15.1. The number of fused-ring (bicyclic) bond motifs is 1. The van der Waals surface area contributed by atoms with E-state index in [1.54, 1.807) is 18.2 Å². The Labute approximate surface area is 178 Å². The number of pyridine rings is 1. The number of ether oxygens (including phenoxy) is 5. The van der Waals surface area contributed by atoms with Gasteiger partial charge in [0.15, 0.2) is 17.2 Å². The van der Waals surface area contributed by atoms with Gasteiger partial charge < -0.3 is 23.7 Å². The second kappa shape index (κ2) is 8.35. The van der Waals surface area contributed by atoms with E-state index in [1.807, 2.05) is 30.3 Å². The lowest BCUT2D eigenvalue weighted by Crippen LogP contribution is -2.07. The van der Waals surface area contributed by atoms with Crippen molar-refractivity contribution in [2.45, 2.75) is 0 Å². The zero-order valence-corrected chi connectivity index (χ0v) is 17.5. The highest BCUT2D eigenvalue weighted by molar-refractivity contribution is 6.13. The first-order valence-corrected chi connectivity index (χ1v) is 9.34. The van der Waals surface area contributed by atoms with E-state index in [0.29, 0.717) is 34.3 Å². The minimum atomic E-state index is -0.584.